The number of anilines is 1. The van der Waals surface area contributed by atoms with Gasteiger partial charge in [-0.1, -0.05) is 48.5 Å². The minimum Gasteiger partial charge on any atom is -0.496 e. The second-order valence-corrected chi connectivity index (χ2v) is 8.28. The number of hydrogen-bond acceptors (Lipinski definition) is 6. The first kappa shape index (κ1) is 20.7. The molecule has 6 heteroatoms. The van der Waals surface area contributed by atoms with Gasteiger partial charge < -0.3 is 19.1 Å². The molecule has 166 valence electrons. The summed E-state index contributed by atoms with van der Waals surface area (Å²) >= 11 is 0. The van der Waals surface area contributed by atoms with Crippen LogP contribution in [0.2, 0.25) is 0 Å². The quantitative estimate of drug-likeness (QED) is 0.609. The van der Waals surface area contributed by atoms with Crippen molar-refractivity contribution in [1.82, 2.24) is 10.9 Å². The van der Waals surface area contributed by atoms with Crippen LogP contribution in [0.1, 0.15) is 28.8 Å². The van der Waals surface area contributed by atoms with Crippen LogP contribution in [0.5, 0.6) is 17.2 Å². The maximum Gasteiger partial charge on any atom is 0.162 e. The average Bonchev–Trinajstić information content (AvgIpc) is 3.28. The van der Waals surface area contributed by atoms with Crippen LogP contribution in [0.3, 0.4) is 0 Å². The highest BCUT2D eigenvalue weighted by Gasteiger charge is 2.43. The van der Waals surface area contributed by atoms with Crippen molar-refractivity contribution in [3.8, 4) is 17.2 Å². The Labute approximate surface area is 189 Å². The fourth-order valence-corrected chi connectivity index (χ4v) is 5.04. The SMILES string of the molecule is COc1ccccc1CN1CC2C(c3ccccc3)NNC2c2cc(OC)c(OC)cc21. The number of nitrogens with one attached hydrogen (secondary N) is 2. The smallest absolute Gasteiger partial charge is 0.162 e. The Balaban J connectivity index is 1.58. The Morgan fingerprint density at radius 1 is 0.781 bits per heavy atom. The van der Waals surface area contributed by atoms with Crippen molar-refractivity contribution in [2.45, 2.75) is 18.6 Å². The molecule has 0 spiro atoms. The van der Waals surface area contributed by atoms with Crippen LogP contribution in [0.15, 0.2) is 66.7 Å². The van der Waals surface area contributed by atoms with E-state index < -0.39 is 0 Å². The highest BCUT2D eigenvalue weighted by molar-refractivity contribution is 5.65. The lowest BCUT2D eigenvalue weighted by Crippen LogP contribution is -2.39. The van der Waals surface area contributed by atoms with E-state index >= 15 is 0 Å². The maximum atomic E-state index is 5.64. The van der Waals surface area contributed by atoms with Gasteiger partial charge in [-0.25, -0.2) is 10.9 Å². The molecule has 0 saturated carbocycles. The summed E-state index contributed by atoms with van der Waals surface area (Å²) in [7, 11) is 5.09. The molecule has 6 nitrogen and oxygen atoms in total. The molecule has 3 aromatic carbocycles. The van der Waals surface area contributed by atoms with Crippen molar-refractivity contribution in [3.05, 3.63) is 83.4 Å². The van der Waals surface area contributed by atoms with Crippen molar-refractivity contribution < 1.29 is 14.2 Å². The Kier molecular flexibility index (Phi) is 5.64. The molecule has 3 atom stereocenters. The predicted octanol–water partition coefficient (Wildman–Crippen LogP) is 4.24. The number of hydrogen-bond donors (Lipinski definition) is 2. The van der Waals surface area contributed by atoms with Crippen LogP contribution < -0.4 is 30.0 Å². The Morgan fingerprint density at radius 2 is 1.44 bits per heavy atom. The van der Waals surface area contributed by atoms with Gasteiger partial charge in [0.25, 0.3) is 0 Å². The number of para-hydroxylation sites is 1. The molecule has 0 bridgehead atoms. The van der Waals surface area contributed by atoms with Gasteiger partial charge in [-0.05, 0) is 23.3 Å². The second kappa shape index (κ2) is 8.73. The van der Waals surface area contributed by atoms with Gasteiger partial charge in [-0.3, -0.25) is 0 Å². The zero-order valence-corrected chi connectivity index (χ0v) is 18.7. The molecule has 0 radical (unpaired) electrons. The Hall–Kier alpha value is -3.22. The molecule has 0 aliphatic carbocycles. The monoisotopic (exact) mass is 431 g/mol. The summed E-state index contributed by atoms with van der Waals surface area (Å²) in [6.07, 6.45) is 0. The number of rotatable bonds is 6. The zero-order chi connectivity index (χ0) is 22.1. The predicted molar refractivity (Wildman–Crippen MR) is 125 cm³/mol. The van der Waals surface area contributed by atoms with Crippen LogP contribution in [0.25, 0.3) is 0 Å². The van der Waals surface area contributed by atoms with Crippen molar-refractivity contribution in [3.63, 3.8) is 0 Å². The van der Waals surface area contributed by atoms with E-state index in [-0.39, 0.29) is 12.1 Å². The van der Waals surface area contributed by atoms with E-state index in [0.717, 1.165) is 41.6 Å². The van der Waals surface area contributed by atoms with Gasteiger partial charge in [0.15, 0.2) is 11.5 Å². The van der Waals surface area contributed by atoms with Gasteiger partial charge >= 0.3 is 0 Å². The third-order valence-corrected chi connectivity index (χ3v) is 6.60. The summed E-state index contributed by atoms with van der Waals surface area (Å²) in [6.45, 7) is 1.64. The third-order valence-electron chi connectivity index (χ3n) is 6.60. The molecule has 0 aromatic heterocycles. The first-order valence-corrected chi connectivity index (χ1v) is 10.9. The highest BCUT2D eigenvalue weighted by atomic mass is 16.5. The molecule has 1 saturated heterocycles. The molecule has 3 unspecified atom stereocenters. The van der Waals surface area contributed by atoms with Crippen molar-refractivity contribution in [2.24, 2.45) is 5.92 Å². The van der Waals surface area contributed by atoms with Crippen molar-refractivity contribution in [2.75, 3.05) is 32.8 Å². The molecular formula is C26H29N3O3. The minimum absolute atomic E-state index is 0.170. The summed E-state index contributed by atoms with van der Waals surface area (Å²) in [5.41, 5.74) is 11.9. The molecule has 3 aromatic rings. The van der Waals surface area contributed by atoms with Crippen molar-refractivity contribution >= 4 is 5.69 Å². The third kappa shape index (κ3) is 3.55. The Morgan fingerprint density at radius 3 is 2.19 bits per heavy atom. The largest absolute Gasteiger partial charge is 0.496 e. The number of hydrazine groups is 1. The Bertz CT molecular complexity index is 1090. The van der Waals surface area contributed by atoms with Gasteiger partial charge in [0.2, 0.25) is 0 Å². The molecule has 2 N–H and O–H groups in total. The lowest BCUT2D eigenvalue weighted by atomic mass is 9.81. The van der Waals surface area contributed by atoms with Crippen LogP contribution in [-0.4, -0.2) is 27.9 Å². The summed E-state index contributed by atoms with van der Waals surface area (Å²) in [5.74, 6) is 2.73. The topological polar surface area (TPSA) is 55.0 Å². The normalized spacial score (nSPS) is 21.6. The van der Waals surface area contributed by atoms with E-state index in [9.17, 15) is 0 Å². The minimum atomic E-state index is 0.170. The number of nitrogens with zero attached hydrogens (tertiary/aromatic N) is 1. The first-order valence-electron chi connectivity index (χ1n) is 10.9. The fraction of sp³-hybridized carbons (Fsp3) is 0.308. The molecule has 32 heavy (non-hydrogen) atoms. The van der Waals surface area contributed by atoms with Gasteiger partial charge in [0.05, 0.1) is 33.4 Å². The molecule has 2 aliphatic heterocycles. The summed E-state index contributed by atoms with van der Waals surface area (Å²) in [4.78, 5) is 2.43. The number of fused-ring (bicyclic) bond motifs is 3. The molecule has 0 amide bonds. The second-order valence-electron chi connectivity index (χ2n) is 8.28. The van der Waals surface area contributed by atoms with E-state index in [1.54, 1.807) is 21.3 Å². The van der Waals surface area contributed by atoms with Crippen LogP contribution >= 0.6 is 0 Å². The summed E-state index contributed by atoms with van der Waals surface area (Å²) in [5, 5.41) is 0. The highest BCUT2D eigenvalue weighted by Crippen LogP contribution is 2.49. The molecule has 2 aliphatic rings. The molecular weight excluding hydrogens is 402 g/mol. The van der Waals surface area contributed by atoms with E-state index in [1.165, 1.54) is 11.1 Å². The van der Waals surface area contributed by atoms with E-state index in [4.69, 9.17) is 14.2 Å². The van der Waals surface area contributed by atoms with Crippen molar-refractivity contribution in [1.29, 1.82) is 0 Å². The average molecular weight is 432 g/mol. The molecule has 2 heterocycles. The van der Waals surface area contributed by atoms with Gasteiger partial charge in [0, 0.05) is 36.3 Å². The standard InChI is InChI=1S/C26H29N3O3/c1-30-22-12-8-7-11-18(22)15-29-16-20-25(17-9-5-4-6-10-17)27-28-26(20)19-13-23(31-2)24(32-3)14-21(19)29/h4-14,20,25-28H,15-16H2,1-3H3. The maximum absolute atomic E-state index is 5.64. The molecule has 5 rings (SSSR count). The number of methoxy groups -OCH3 is 3. The van der Waals surface area contributed by atoms with E-state index in [0.29, 0.717) is 5.92 Å². The molecule has 1 fully saturated rings. The number of ether oxygens (including phenoxy) is 3. The number of benzene rings is 3. The van der Waals surface area contributed by atoms with E-state index in [1.807, 2.05) is 12.1 Å². The van der Waals surface area contributed by atoms with Crippen LogP contribution in [0, 0.1) is 5.92 Å². The van der Waals surface area contributed by atoms with Crippen LogP contribution in [-0.2, 0) is 6.54 Å². The van der Waals surface area contributed by atoms with Gasteiger partial charge in [0.1, 0.15) is 5.75 Å². The van der Waals surface area contributed by atoms with Gasteiger partial charge in [-0.2, -0.15) is 0 Å². The van der Waals surface area contributed by atoms with E-state index in [2.05, 4.69) is 70.3 Å². The first-order chi connectivity index (χ1) is 15.7. The lowest BCUT2D eigenvalue weighted by molar-refractivity contribution is 0.350. The van der Waals surface area contributed by atoms with Gasteiger partial charge in [-0.15, -0.1) is 0 Å². The van der Waals surface area contributed by atoms with Crippen LogP contribution in [0.4, 0.5) is 5.69 Å². The fourth-order valence-electron chi connectivity index (χ4n) is 5.04. The summed E-state index contributed by atoms with van der Waals surface area (Å²) in [6, 6.07) is 23.4. The zero-order valence-electron chi connectivity index (χ0n) is 18.7. The summed E-state index contributed by atoms with van der Waals surface area (Å²) < 4.78 is 16.9. The lowest BCUT2D eigenvalue weighted by Gasteiger charge is -2.40.